The number of nitrogens with zero attached hydrogens (tertiary/aromatic N) is 1. The first-order valence-corrected chi connectivity index (χ1v) is 11.1. The predicted octanol–water partition coefficient (Wildman–Crippen LogP) is -1.00. The molecule has 1 aliphatic rings. The molecule has 12 heteroatoms. The van der Waals surface area contributed by atoms with Crippen molar-refractivity contribution in [1.82, 2.24) is 15.5 Å². The van der Waals surface area contributed by atoms with E-state index in [1.54, 1.807) is 0 Å². The van der Waals surface area contributed by atoms with Gasteiger partial charge in [0.2, 0.25) is 17.7 Å². The van der Waals surface area contributed by atoms with Gasteiger partial charge in [-0.15, -0.1) is 0 Å². The van der Waals surface area contributed by atoms with Crippen molar-refractivity contribution in [2.45, 2.75) is 63.2 Å². The lowest BCUT2D eigenvalue weighted by molar-refractivity contribution is -0.144. The van der Waals surface area contributed by atoms with Crippen molar-refractivity contribution in [3.8, 4) is 0 Å². The molecule has 0 aliphatic carbocycles. The average molecular weight is 447 g/mol. The lowest BCUT2D eigenvalue weighted by Gasteiger charge is -2.29. The van der Waals surface area contributed by atoms with Crippen LogP contribution in [0.5, 0.6) is 0 Å². The first-order chi connectivity index (χ1) is 14.1. The number of nitrogens with two attached hydrogens (primary N) is 1. The second kappa shape index (κ2) is 12.4. The molecule has 30 heavy (non-hydrogen) atoms. The van der Waals surface area contributed by atoms with Crippen LogP contribution in [-0.4, -0.2) is 87.5 Å². The van der Waals surface area contributed by atoms with Crippen molar-refractivity contribution >= 4 is 41.4 Å². The molecule has 0 saturated carbocycles. The summed E-state index contributed by atoms with van der Waals surface area (Å²) >= 11 is 1.48. The molecule has 0 bridgehead atoms. The van der Waals surface area contributed by atoms with Gasteiger partial charge < -0.3 is 31.5 Å². The molecular weight excluding hydrogens is 416 g/mol. The molecule has 0 aromatic heterocycles. The number of aliphatic carboxylic acids is 2. The Balaban J connectivity index is 2.84. The lowest BCUT2D eigenvalue weighted by Crippen LogP contribution is -2.56. The zero-order valence-electron chi connectivity index (χ0n) is 17.1. The summed E-state index contributed by atoms with van der Waals surface area (Å²) in [5.74, 6) is -3.31. The van der Waals surface area contributed by atoms with Gasteiger partial charge in [0.1, 0.15) is 18.1 Å². The summed E-state index contributed by atoms with van der Waals surface area (Å²) < 4.78 is 0. The average Bonchev–Trinajstić information content (AvgIpc) is 3.18. The van der Waals surface area contributed by atoms with E-state index in [9.17, 15) is 24.0 Å². The minimum atomic E-state index is -1.18. The second-order valence-corrected chi connectivity index (χ2v) is 8.13. The molecule has 1 fully saturated rings. The fourth-order valence-corrected chi connectivity index (χ4v) is 3.53. The van der Waals surface area contributed by atoms with Crippen molar-refractivity contribution in [3.05, 3.63) is 0 Å². The molecule has 11 nitrogen and oxygen atoms in total. The summed E-state index contributed by atoms with van der Waals surface area (Å²) in [6, 6.07) is -3.88. The third-order valence-electron chi connectivity index (χ3n) is 4.80. The Kier molecular flexibility index (Phi) is 10.6. The van der Waals surface area contributed by atoms with Gasteiger partial charge in [-0.1, -0.05) is 0 Å². The first-order valence-electron chi connectivity index (χ1n) is 9.68. The summed E-state index contributed by atoms with van der Waals surface area (Å²) in [4.78, 5) is 60.9. The van der Waals surface area contributed by atoms with Gasteiger partial charge in [-0.05, 0) is 44.6 Å². The van der Waals surface area contributed by atoms with Crippen LogP contribution in [0.4, 0.5) is 0 Å². The summed E-state index contributed by atoms with van der Waals surface area (Å²) in [7, 11) is 0. The smallest absolute Gasteiger partial charge is 0.325 e. The number of nitrogens with one attached hydrogen (secondary N) is 2. The van der Waals surface area contributed by atoms with E-state index in [-0.39, 0.29) is 12.8 Å². The van der Waals surface area contributed by atoms with Crippen LogP contribution in [0.1, 0.15) is 39.0 Å². The van der Waals surface area contributed by atoms with Gasteiger partial charge in [0.25, 0.3) is 0 Å². The maximum atomic E-state index is 13.1. The van der Waals surface area contributed by atoms with Gasteiger partial charge in [-0.25, -0.2) is 0 Å². The molecule has 4 atom stereocenters. The van der Waals surface area contributed by atoms with E-state index >= 15 is 0 Å². The minimum Gasteiger partial charge on any atom is -0.481 e. The van der Waals surface area contributed by atoms with Crippen molar-refractivity contribution in [2.75, 3.05) is 18.6 Å². The Labute approximate surface area is 179 Å². The Morgan fingerprint density at radius 2 is 1.83 bits per heavy atom. The zero-order valence-corrected chi connectivity index (χ0v) is 17.9. The van der Waals surface area contributed by atoms with Crippen LogP contribution in [0.15, 0.2) is 0 Å². The second-order valence-electron chi connectivity index (χ2n) is 7.14. The highest BCUT2D eigenvalue weighted by Crippen LogP contribution is 2.20. The predicted molar refractivity (Wildman–Crippen MR) is 110 cm³/mol. The van der Waals surface area contributed by atoms with Crippen LogP contribution >= 0.6 is 11.8 Å². The van der Waals surface area contributed by atoms with E-state index in [2.05, 4.69) is 10.6 Å². The van der Waals surface area contributed by atoms with Crippen molar-refractivity contribution in [1.29, 1.82) is 0 Å². The Hall–Kier alpha value is -2.34. The van der Waals surface area contributed by atoms with E-state index in [1.165, 1.54) is 23.6 Å². The monoisotopic (exact) mass is 446 g/mol. The number of thioether (sulfide) groups is 1. The van der Waals surface area contributed by atoms with Gasteiger partial charge >= 0.3 is 11.9 Å². The topological polar surface area (TPSA) is 179 Å². The molecule has 0 radical (unpaired) electrons. The summed E-state index contributed by atoms with van der Waals surface area (Å²) in [6.07, 6.45) is 2.80. The molecule has 4 unspecified atom stereocenters. The minimum absolute atomic E-state index is 0.0631. The molecule has 1 saturated heterocycles. The highest BCUT2D eigenvalue weighted by Gasteiger charge is 2.38. The van der Waals surface area contributed by atoms with E-state index in [1.807, 2.05) is 6.26 Å². The van der Waals surface area contributed by atoms with Gasteiger partial charge in [0.05, 0.1) is 6.04 Å². The number of amides is 3. The molecular formula is C18H30N4O7S. The third kappa shape index (κ3) is 7.82. The fraction of sp³-hybridized carbons (Fsp3) is 0.722. The van der Waals surface area contributed by atoms with Gasteiger partial charge in [0.15, 0.2) is 0 Å². The van der Waals surface area contributed by atoms with E-state index < -0.39 is 53.8 Å². The SMILES string of the molecule is CSCCC(NC(=O)C(N)CCC(=O)O)C(=O)N1CCCC1C(=O)NC(C)C(=O)O. The zero-order chi connectivity index (χ0) is 22.8. The standard InChI is InChI=1S/C18H30N4O7S/c1-10(18(28)29)20-16(26)13-4-3-8-22(13)17(27)12(7-9-30-2)21-15(25)11(19)5-6-14(23)24/h10-13H,3-9,19H2,1-2H3,(H,20,26)(H,21,25)(H,23,24)(H,28,29). The largest absolute Gasteiger partial charge is 0.481 e. The van der Waals surface area contributed by atoms with Crippen molar-refractivity contribution < 1.29 is 34.2 Å². The maximum Gasteiger partial charge on any atom is 0.325 e. The Morgan fingerprint density at radius 1 is 1.17 bits per heavy atom. The normalized spacial score (nSPS) is 18.9. The Bertz CT molecular complexity index is 660. The lowest BCUT2D eigenvalue weighted by atomic mass is 10.1. The Morgan fingerprint density at radius 3 is 2.40 bits per heavy atom. The van der Waals surface area contributed by atoms with Crippen LogP contribution in [0.3, 0.4) is 0 Å². The molecule has 0 aromatic carbocycles. The van der Waals surface area contributed by atoms with Gasteiger partial charge in [0, 0.05) is 13.0 Å². The molecule has 6 N–H and O–H groups in total. The van der Waals surface area contributed by atoms with E-state index in [4.69, 9.17) is 15.9 Å². The van der Waals surface area contributed by atoms with Gasteiger partial charge in [-0.2, -0.15) is 11.8 Å². The molecule has 1 rings (SSSR count). The van der Waals surface area contributed by atoms with E-state index in [0.29, 0.717) is 31.6 Å². The van der Waals surface area contributed by atoms with Gasteiger partial charge in [-0.3, -0.25) is 24.0 Å². The highest BCUT2D eigenvalue weighted by atomic mass is 32.2. The molecule has 170 valence electrons. The van der Waals surface area contributed by atoms with Crippen LogP contribution in [0.2, 0.25) is 0 Å². The number of likely N-dealkylation sites (tertiary alicyclic amines) is 1. The summed E-state index contributed by atoms with van der Waals surface area (Å²) in [5, 5.41) is 22.7. The number of rotatable bonds is 12. The number of hydrogen-bond donors (Lipinski definition) is 5. The number of carboxylic acids is 2. The number of carbonyl (C=O) groups excluding carboxylic acids is 3. The highest BCUT2D eigenvalue weighted by molar-refractivity contribution is 7.98. The number of hydrogen-bond acceptors (Lipinski definition) is 7. The quantitative estimate of drug-likeness (QED) is 0.251. The van der Waals surface area contributed by atoms with E-state index in [0.717, 1.165) is 0 Å². The third-order valence-corrected chi connectivity index (χ3v) is 5.44. The molecule has 0 spiro atoms. The molecule has 1 heterocycles. The number of carboxylic acid groups (broad SMARTS) is 2. The summed E-state index contributed by atoms with van der Waals surface area (Å²) in [6.45, 7) is 1.65. The molecule has 0 aromatic rings. The molecule has 1 aliphatic heterocycles. The van der Waals surface area contributed by atoms with Crippen LogP contribution in [0, 0.1) is 0 Å². The first kappa shape index (κ1) is 25.7. The van der Waals surface area contributed by atoms with Crippen molar-refractivity contribution in [2.24, 2.45) is 5.73 Å². The summed E-state index contributed by atoms with van der Waals surface area (Å²) in [5.41, 5.74) is 5.73. The molecule has 3 amide bonds. The fourth-order valence-electron chi connectivity index (χ4n) is 3.06. The maximum absolute atomic E-state index is 13.1. The van der Waals surface area contributed by atoms with Crippen LogP contribution in [-0.2, 0) is 24.0 Å². The number of carbonyl (C=O) groups is 5. The van der Waals surface area contributed by atoms with Crippen LogP contribution < -0.4 is 16.4 Å². The van der Waals surface area contributed by atoms with Crippen LogP contribution in [0.25, 0.3) is 0 Å². The van der Waals surface area contributed by atoms with Crippen molar-refractivity contribution in [3.63, 3.8) is 0 Å².